The summed E-state index contributed by atoms with van der Waals surface area (Å²) in [5.74, 6) is 0.00627. The molecule has 0 radical (unpaired) electrons. The predicted molar refractivity (Wildman–Crippen MR) is 208 cm³/mol. The smallest absolute Gasteiger partial charge is 0.0711 e. The molecule has 0 spiro atoms. The normalized spacial score (nSPS) is 13.4. The molecule has 0 N–H and O–H groups in total. The van der Waals surface area contributed by atoms with Gasteiger partial charge in [0, 0.05) is 22.0 Å². The van der Waals surface area contributed by atoms with Crippen LogP contribution in [0.5, 0.6) is 0 Å². The van der Waals surface area contributed by atoms with E-state index in [1.165, 1.54) is 72.0 Å². The highest BCUT2D eigenvalue weighted by atomic mass is 15.0. The summed E-state index contributed by atoms with van der Waals surface area (Å²) in [7, 11) is 0. The predicted octanol–water partition coefficient (Wildman–Crippen LogP) is 12.3. The second kappa shape index (κ2) is 11.6. The topological polar surface area (TPSA) is 17.8 Å². The number of para-hydroxylation sites is 2. The van der Waals surface area contributed by atoms with Crippen molar-refractivity contribution in [1.29, 1.82) is 0 Å². The van der Waals surface area contributed by atoms with Crippen molar-refractivity contribution in [3.63, 3.8) is 0 Å². The molecule has 2 heterocycles. The Balaban J connectivity index is 1.17. The van der Waals surface area contributed by atoms with E-state index in [2.05, 4.69) is 193 Å². The summed E-state index contributed by atoms with van der Waals surface area (Å²) in [6.07, 6.45) is 0. The highest BCUT2D eigenvalue weighted by molar-refractivity contribution is 6.10. The molecule has 1 aliphatic carbocycles. The molecule has 0 saturated carbocycles. The number of rotatable bonds is 5. The summed E-state index contributed by atoms with van der Waals surface area (Å²) in [4.78, 5) is 5.42. The second-order valence-electron chi connectivity index (χ2n) is 13.1. The van der Waals surface area contributed by atoms with E-state index in [0.717, 1.165) is 17.0 Å². The van der Waals surface area contributed by atoms with Crippen LogP contribution in [-0.4, -0.2) is 9.55 Å². The summed E-state index contributed by atoms with van der Waals surface area (Å²) < 4.78 is 2.39. The zero-order chi connectivity index (χ0) is 33.0. The van der Waals surface area contributed by atoms with Gasteiger partial charge in [-0.15, -0.1) is 0 Å². The minimum atomic E-state index is 0.00627. The van der Waals surface area contributed by atoms with E-state index in [1.54, 1.807) is 0 Å². The Morgan fingerprint density at radius 3 is 1.82 bits per heavy atom. The van der Waals surface area contributed by atoms with Gasteiger partial charge in [0.1, 0.15) is 0 Å². The van der Waals surface area contributed by atoms with Crippen molar-refractivity contribution >= 4 is 21.8 Å². The summed E-state index contributed by atoms with van der Waals surface area (Å²) in [6, 6.07) is 68.0. The van der Waals surface area contributed by atoms with Gasteiger partial charge in [-0.05, 0) is 87.0 Å². The van der Waals surface area contributed by atoms with Gasteiger partial charge in [0.15, 0.2) is 0 Å². The molecule has 0 saturated heterocycles. The first-order chi connectivity index (χ1) is 24.8. The van der Waals surface area contributed by atoms with E-state index >= 15 is 0 Å². The van der Waals surface area contributed by atoms with Crippen molar-refractivity contribution in [2.45, 2.75) is 5.92 Å². The van der Waals surface area contributed by atoms with Crippen LogP contribution in [-0.2, 0) is 0 Å². The molecule has 9 aromatic rings. The first kappa shape index (κ1) is 28.5. The number of hydrogen-bond donors (Lipinski definition) is 0. The van der Waals surface area contributed by atoms with Crippen LogP contribution in [0, 0.1) is 0 Å². The molecule has 0 amide bonds. The fourth-order valence-electron chi connectivity index (χ4n) is 7.97. The third-order valence-electron chi connectivity index (χ3n) is 10.3. The van der Waals surface area contributed by atoms with Crippen molar-refractivity contribution in [3.8, 4) is 50.3 Å². The minimum absolute atomic E-state index is 0.00627. The third kappa shape index (κ3) is 4.61. The van der Waals surface area contributed by atoms with Crippen LogP contribution in [0.15, 0.2) is 188 Å². The third-order valence-corrected chi connectivity index (χ3v) is 10.3. The second-order valence-corrected chi connectivity index (χ2v) is 13.1. The molecular weight excluding hydrogens is 605 g/mol. The highest BCUT2D eigenvalue weighted by Crippen LogP contribution is 2.49. The largest absolute Gasteiger partial charge is 0.309 e. The van der Waals surface area contributed by atoms with Crippen molar-refractivity contribution in [2.24, 2.45) is 0 Å². The first-order valence-electron chi connectivity index (χ1n) is 17.3. The van der Waals surface area contributed by atoms with Crippen LogP contribution in [0.4, 0.5) is 0 Å². The maximum Gasteiger partial charge on any atom is 0.0711 e. The van der Waals surface area contributed by atoms with E-state index in [1.807, 2.05) is 0 Å². The summed E-state index contributed by atoms with van der Waals surface area (Å²) in [5, 5.41) is 2.52. The Kier molecular flexibility index (Phi) is 6.60. The Morgan fingerprint density at radius 1 is 0.380 bits per heavy atom. The highest BCUT2D eigenvalue weighted by Gasteiger charge is 2.32. The lowest BCUT2D eigenvalue weighted by molar-refractivity contribution is 0.949. The van der Waals surface area contributed by atoms with Crippen molar-refractivity contribution in [2.75, 3.05) is 0 Å². The van der Waals surface area contributed by atoms with Crippen molar-refractivity contribution < 1.29 is 0 Å². The molecule has 2 nitrogen and oxygen atoms in total. The van der Waals surface area contributed by atoms with Crippen molar-refractivity contribution in [3.05, 3.63) is 205 Å². The Bertz CT molecular complexity index is 2630. The molecule has 0 aliphatic heterocycles. The van der Waals surface area contributed by atoms with Gasteiger partial charge in [-0.2, -0.15) is 0 Å². The first-order valence-corrected chi connectivity index (χ1v) is 17.3. The molecule has 234 valence electrons. The standard InChI is InChI=1S/C48H32N2/c1-4-14-32(15-5-1)36-29-44(33-16-6-2-7-17-33)49-45(30-36)48-42-22-11-10-20-38(42)39-26-24-34(28-43(39)48)35-25-27-41-40-21-12-13-23-46(40)50(47(41)31-35)37-18-8-3-9-19-37/h1-31,48H. The average Bonchev–Trinajstić information content (AvgIpc) is 3.71. The minimum Gasteiger partial charge on any atom is -0.309 e. The molecular formula is C48H32N2. The van der Waals surface area contributed by atoms with Crippen LogP contribution in [0.3, 0.4) is 0 Å². The Morgan fingerprint density at radius 2 is 1.00 bits per heavy atom. The van der Waals surface area contributed by atoms with E-state index in [9.17, 15) is 0 Å². The molecule has 10 rings (SSSR count). The molecule has 50 heavy (non-hydrogen) atoms. The molecule has 1 unspecified atom stereocenters. The van der Waals surface area contributed by atoms with Gasteiger partial charge in [-0.3, -0.25) is 4.98 Å². The molecule has 0 fully saturated rings. The van der Waals surface area contributed by atoms with Gasteiger partial charge in [0.05, 0.1) is 28.3 Å². The van der Waals surface area contributed by atoms with Gasteiger partial charge in [0.2, 0.25) is 0 Å². The van der Waals surface area contributed by atoms with Crippen LogP contribution < -0.4 is 0 Å². The average molecular weight is 637 g/mol. The quantitative estimate of drug-likeness (QED) is 0.184. The monoisotopic (exact) mass is 636 g/mol. The molecule has 2 aromatic heterocycles. The lowest BCUT2D eigenvalue weighted by Crippen LogP contribution is -2.04. The van der Waals surface area contributed by atoms with Gasteiger partial charge in [-0.25, -0.2) is 0 Å². The number of pyridine rings is 1. The van der Waals surface area contributed by atoms with Gasteiger partial charge < -0.3 is 4.57 Å². The van der Waals surface area contributed by atoms with E-state index in [-0.39, 0.29) is 5.92 Å². The number of benzene rings is 7. The fraction of sp³-hybridized carbons (Fsp3) is 0.0208. The summed E-state index contributed by atoms with van der Waals surface area (Å²) in [5.41, 5.74) is 16.7. The molecule has 0 bridgehead atoms. The van der Waals surface area contributed by atoms with Gasteiger partial charge in [0.25, 0.3) is 0 Å². The fourth-order valence-corrected chi connectivity index (χ4v) is 7.97. The van der Waals surface area contributed by atoms with Crippen LogP contribution in [0.25, 0.3) is 72.1 Å². The number of aromatic nitrogens is 2. The molecule has 1 atom stereocenters. The molecule has 7 aromatic carbocycles. The van der Waals surface area contributed by atoms with Crippen LogP contribution in [0.1, 0.15) is 22.7 Å². The SMILES string of the molecule is c1ccc(-c2cc(-c3ccccc3)nc(C3c4ccccc4-c4ccc(-c5ccc6c7ccccc7n(-c7ccccc7)c6c5)cc43)c2)cc1. The zero-order valence-corrected chi connectivity index (χ0v) is 27.4. The van der Waals surface area contributed by atoms with Gasteiger partial charge in [-0.1, -0.05) is 146 Å². The summed E-state index contributed by atoms with van der Waals surface area (Å²) in [6.45, 7) is 0. The van der Waals surface area contributed by atoms with E-state index < -0.39 is 0 Å². The zero-order valence-electron chi connectivity index (χ0n) is 27.4. The molecule has 2 heteroatoms. The number of hydrogen-bond acceptors (Lipinski definition) is 1. The van der Waals surface area contributed by atoms with Crippen LogP contribution >= 0.6 is 0 Å². The molecule has 1 aliphatic rings. The summed E-state index contributed by atoms with van der Waals surface area (Å²) >= 11 is 0. The lowest BCUT2D eigenvalue weighted by atomic mass is 9.89. The maximum atomic E-state index is 5.42. The van der Waals surface area contributed by atoms with Gasteiger partial charge >= 0.3 is 0 Å². The lowest BCUT2D eigenvalue weighted by Gasteiger charge is -2.18. The van der Waals surface area contributed by atoms with Crippen molar-refractivity contribution in [1.82, 2.24) is 9.55 Å². The Hall–Kier alpha value is -6.51. The van der Waals surface area contributed by atoms with Crippen LogP contribution in [0.2, 0.25) is 0 Å². The maximum absolute atomic E-state index is 5.42. The van der Waals surface area contributed by atoms with E-state index in [4.69, 9.17) is 4.98 Å². The number of fused-ring (bicyclic) bond motifs is 6. The van der Waals surface area contributed by atoms with E-state index in [0.29, 0.717) is 0 Å². The Labute approximate surface area is 291 Å². The number of nitrogens with zero attached hydrogens (tertiary/aromatic N) is 2.